The van der Waals surface area contributed by atoms with Crippen LogP contribution in [-0.2, 0) is 5.60 Å². The summed E-state index contributed by atoms with van der Waals surface area (Å²) in [6.07, 6.45) is -14.6. The van der Waals surface area contributed by atoms with Gasteiger partial charge in [0.15, 0.2) is 0 Å². The fourth-order valence-electron chi connectivity index (χ4n) is 1.83. The highest BCUT2D eigenvalue weighted by Crippen LogP contribution is 2.52. The molecule has 0 aliphatic rings. The number of alkyl halides is 7. The number of hydrogen-bond acceptors (Lipinski definition) is 1. The SMILES string of the molecule is CC(O)(CC(F)(C(F)(F)F)C(F)(F)F)c1ccccc1Br. The molecule has 0 aromatic heterocycles. The third-order valence-electron chi connectivity index (χ3n) is 2.94. The van der Waals surface area contributed by atoms with Crippen LogP contribution in [0, 0.1) is 0 Å². The molecular weight excluding hydrogens is 373 g/mol. The minimum atomic E-state index is -6.20. The van der Waals surface area contributed by atoms with E-state index in [0.717, 1.165) is 6.07 Å². The van der Waals surface area contributed by atoms with Crippen LogP contribution < -0.4 is 0 Å². The monoisotopic (exact) mass is 382 g/mol. The molecule has 1 rings (SSSR count). The van der Waals surface area contributed by atoms with Crippen LogP contribution in [0.4, 0.5) is 30.7 Å². The van der Waals surface area contributed by atoms with Crippen molar-refractivity contribution < 1.29 is 35.8 Å². The van der Waals surface area contributed by atoms with Crippen LogP contribution in [0.25, 0.3) is 0 Å². The van der Waals surface area contributed by atoms with Crippen LogP contribution in [0.1, 0.15) is 18.9 Å². The van der Waals surface area contributed by atoms with Crippen molar-refractivity contribution in [2.24, 2.45) is 0 Å². The van der Waals surface area contributed by atoms with E-state index in [1.165, 1.54) is 18.2 Å². The minimum Gasteiger partial charge on any atom is -0.385 e. The molecule has 1 nitrogen and oxygen atoms in total. The molecule has 0 saturated heterocycles. The number of benzene rings is 1. The van der Waals surface area contributed by atoms with Gasteiger partial charge < -0.3 is 5.11 Å². The molecule has 0 aliphatic carbocycles. The van der Waals surface area contributed by atoms with Gasteiger partial charge in [-0.3, -0.25) is 0 Å². The molecule has 0 amide bonds. The quantitative estimate of drug-likeness (QED) is 0.738. The van der Waals surface area contributed by atoms with Crippen LogP contribution in [0.2, 0.25) is 0 Å². The molecule has 1 aromatic carbocycles. The minimum absolute atomic E-state index is 0.0710. The maximum absolute atomic E-state index is 13.7. The van der Waals surface area contributed by atoms with E-state index in [-0.39, 0.29) is 10.0 Å². The molecular formula is C12H10BrF7O. The molecule has 0 bridgehead atoms. The summed E-state index contributed by atoms with van der Waals surface area (Å²) in [4.78, 5) is 0. The summed E-state index contributed by atoms with van der Waals surface area (Å²) < 4.78 is 88.9. The van der Waals surface area contributed by atoms with Crippen molar-refractivity contribution in [2.45, 2.75) is 37.0 Å². The molecule has 21 heavy (non-hydrogen) atoms. The first-order valence-electron chi connectivity index (χ1n) is 5.52. The maximum atomic E-state index is 13.7. The zero-order valence-electron chi connectivity index (χ0n) is 10.5. The Labute approximate surface area is 123 Å². The van der Waals surface area contributed by atoms with E-state index >= 15 is 0 Å². The molecule has 1 unspecified atom stereocenters. The second-order valence-electron chi connectivity index (χ2n) is 4.73. The molecule has 0 aliphatic heterocycles. The standard InChI is InChI=1S/C12H10BrF7O/c1-9(21,7-4-2-3-5-8(7)13)6-10(14,11(15,16)17)12(18,19)20/h2-5,21H,6H2,1H3. The van der Waals surface area contributed by atoms with Gasteiger partial charge in [0.1, 0.15) is 0 Å². The Balaban J connectivity index is 3.30. The van der Waals surface area contributed by atoms with Gasteiger partial charge in [-0.05, 0) is 18.6 Å². The molecule has 0 spiro atoms. The Kier molecular flexibility index (Phi) is 4.70. The summed E-state index contributed by atoms with van der Waals surface area (Å²) >= 11 is 2.90. The van der Waals surface area contributed by atoms with E-state index in [9.17, 15) is 35.8 Å². The third-order valence-corrected chi connectivity index (χ3v) is 3.63. The number of rotatable bonds is 3. The van der Waals surface area contributed by atoms with E-state index in [1.54, 1.807) is 0 Å². The summed E-state index contributed by atoms with van der Waals surface area (Å²) in [6, 6.07) is 5.16. The summed E-state index contributed by atoms with van der Waals surface area (Å²) in [6.45, 7) is 0.693. The van der Waals surface area contributed by atoms with Crippen molar-refractivity contribution >= 4 is 15.9 Å². The molecule has 1 N–H and O–H groups in total. The zero-order chi connectivity index (χ0) is 16.7. The van der Waals surface area contributed by atoms with Crippen molar-refractivity contribution in [1.82, 2.24) is 0 Å². The first-order valence-corrected chi connectivity index (χ1v) is 6.31. The van der Waals surface area contributed by atoms with Crippen molar-refractivity contribution in [3.05, 3.63) is 34.3 Å². The molecule has 0 heterocycles. The van der Waals surface area contributed by atoms with Crippen LogP contribution in [0.15, 0.2) is 28.7 Å². The first kappa shape index (κ1) is 18.2. The lowest BCUT2D eigenvalue weighted by molar-refractivity contribution is -0.352. The van der Waals surface area contributed by atoms with Gasteiger partial charge in [0.2, 0.25) is 0 Å². The van der Waals surface area contributed by atoms with Crippen molar-refractivity contribution in [2.75, 3.05) is 0 Å². The van der Waals surface area contributed by atoms with E-state index in [2.05, 4.69) is 15.9 Å². The van der Waals surface area contributed by atoms with E-state index in [1.807, 2.05) is 0 Å². The highest BCUT2D eigenvalue weighted by Gasteiger charge is 2.73. The van der Waals surface area contributed by atoms with E-state index in [0.29, 0.717) is 6.92 Å². The lowest BCUT2D eigenvalue weighted by atomic mass is 9.83. The van der Waals surface area contributed by atoms with Crippen molar-refractivity contribution in [3.63, 3.8) is 0 Å². The van der Waals surface area contributed by atoms with Crippen LogP contribution in [-0.4, -0.2) is 23.1 Å². The normalized spacial score (nSPS) is 16.7. The topological polar surface area (TPSA) is 20.2 Å². The van der Waals surface area contributed by atoms with Crippen LogP contribution in [0.3, 0.4) is 0 Å². The van der Waals surface area contributed by atoms with Gasteiger partial charge >= 0.3 is 18.0 Å². The zero-order valence-corrected chi connectivity index (χ0v) is 12.1. The Hall–Kier alpha value is -0.830. The smallest absolute Gasteiger partial charge is 0.385 e. The lowest BCUT2D eigenvalue weighted by Crippen LogP contribution is -2.56. The first-order chi connectivity index (χ1) is 9.22. The van der Waals surface area contributed by atoms with Crippen LogP contribution in [0.5, 0.6) is 0 Å². The van der Waals surface area contributed by atoms with Gasteiger partial charge in [-0.15, -0.1) is 0 Å². The van der Waals surface area contributed by atoms with Gasteiger partial charge in [0, 0.05) is 10.9 Å². The fourth-order valence-corrected chi connectivity index (χ4v) is 2.54. The molecule has 1 atom stereocenters. The van der Waals surface area contributed by atoms with Gasteiger partial charge in [-0.2, -0.15) is 26.3 Å². The Morgan fingerprint density at radius 3 is 1.76 bits per heavy atom. The second kappa shape index (κ2) is 5.42. The summed E-state index contributed by atoms with van der Waals surface area (Å²) in [5.41, 5.74) is -8.47. The summed E-state index contributed by atoms with van der Waals surface area (Å²) in [5.74, 6) is 0. The predicted octanol–water partition coefficient (Wildman–Crippen LogP) is 4.88. The Bertz CT molecular complexity index is 493. The molecule has 0 radical (unpaired) electrons. The highest BCUT2D eigenvalue weighted by atomic mass is 79.9. The number of aliphatic hydroxyl groups is 1. The number of hydrogen-bond donors (Lipinski definition) is 1. The highest BCUT2D eigenvalue weighted by molar-refractivity contribution is 9.10. The molecule has 0 saturated carbocycles. The second-order valence-corrected chi connectivity index (χ2v) is 5.58. The van der Waals surface area contributed by atoms with Gasteiger partial charge in [-0.1, -0.05) is 34.1 Å². The van der Waals surface area contributed by atoms with Crippen molar-refractivity contribution in [1.29, 1.82) is 0 Å². The van der Waals surface area contributed by atoms with E-state index < -0.39 is 30.0 Å². The molecule has 0 fully saturated rings. The summed E-state index contributed by atoms with van der Waals surface area (Å²) in [5, 5.41) is 9.96. The van der Waals surface area contributed by atoms with E-state index in [4.69, 9.17) is 0 Å². The number of halogens is 8. The Morgan fingerprint density at radius 2 is 1.38 bits per heavy atom. The largest absolute Gasteiger partial charge is 0.431 e. The lowest BCUT2D eigenvalue weighted by Gasteiger charge is -2.36. The van der Waals surface area contributed by atoms with Gasteiger partial charge in [0.05, 0.1) is 5.60 Å². The molecule has 1 aromatic rings. The summed E-state index contributed by atoms with van der Waals surface area (Å²) in [7, 11) is 0. The van der Waals surface area contributed by atoms with Gasteiger partial charge in [-0.25, -0.2) is 4.39 Å². The average molecular weight is 383 g/mol. The van der Waals surface area contributed by atoms with Crippen LogP contribution >= 0.6 is 15.9 Å². The van der Waals surface area contributed by atoms with Gasteiger partial charge in [0.25, 0.3) is 0 Å². The predicted molar refractivity (Wildman–Crippen MR) is 64.3 cm³/mol. The fraction of sp³-hybridized carbons (Fsp3) is 0.500. The van der Waals surface area contributed by atoms with Crippen molar-refractivity contribution in [3.8, 4) is 0 Å². The third kappa shape index (κ3) is 3.50. The maximum Gasteiger partial charge on any atom is 0.431 e. The molecule has 120 valence electrons. The Morgan fingerprint density at radius 1 is 0.952 bits per heavy atom. The average Bonchev–Trinajstić information content (AvgIpc) is 2.25. The molecule has 9 heteroatoms.